The lowest BCUT2D eigenvalue weighted by Crippen LogP contribution is -2.17. The second kappa shape index (κ2) is 5.55. The molecular weight excluding hydrogens is 276 g/mol. The fourth-order valence-electron chi connectivity index (χ4n) is 2.14. The third-order valence-electron chi connectivity index (χ3n) is 3.55. The van der Waals surface area contributed by atoms with E-state index >= 15 is 0 Å². The van der Waals surface area contributed by atoms with Crippen LogP contribution in [0.5, 0.6) is 5.75 Å². The van der Waals surface area contributed by atoms with Gasteiger partial charge >= 0.3 is 0 Å². The van der Waals surface area contributed by atoms with Crippen molar-refractivity contribution in [3.63, 3.8) is 0 Å². The van der Waals surface area contributed by atoms with Gasteiger partial charge in [0.15, 0.2) is 0 Å². The van der Waals surface area contributed by atoms with Gasteiger partial charge in [-0.1, -0.05) is 47.6 Å². The first kappa shape index (κ1) is 16.2. The fraction of sp³-hybridized carbons (Fsp3) is 0.471. The number of hydrogen-bond acceptors (Lipinski definition) is 4. The van der Waals surface area contributed by atoms with Crippen LogP contribution in [0.1, 0.15) is 58.2 Å². The van der Waals surface area contributed by atoms with E-state index in [0.717, 1.165) is 5.56 Å². The Balaban J connectivity index is 2.57. The number of phenols is 1. The van der Waals surface area contributed by atoms with Crippen LogP contribution in [0.4, 0.5) is 0 Å². The first-order valence-corrected chi connectivity index (χ1v) is 7.36. The maximum atomic E-state index is 10.6. The molecule has 0 amide bonds. The molecule has 0 saturated heterocycles. The average molecular weight is 300 g/mol. The maximum Gasteiger partial charge on any atom is 0.141 e. The van der Waals surface area contributed by atoms with Crippen molar-refractivity contribution in [3.05, 3.63) is 41.5 Å². The smallest absolute Gasteiger partial charge is 0.141 e. The molecule has 22 heavy (non-hydrogen) atoms. The molecule has 0 aliphatic rings. The molecule has 118 valence electrons. The van der Waals surface area contributed by atoms with E-state index in [1.807, 2.05) is 6.07 Å². The summed E-state index contributed by atoms with van der Waals surface area (Å²) in [6.45, 7) is 12.8. The minimum absolute atomic E-state index is 0.00709. The highest BCUT2D eigenvalue weighted by atomic mass is 16.3. The maximum absolute atomic E-state index is 10.6. The highest BCUT2D eigenvalue weighted by molar-refractivity contribution is 5.84. The van der Waals surface area contributed by atoms with Gasteiger partial charge in [-0.05, 0) is 22.5 Å². The monoisotopic (exact) mass is 300 g/mol. The molecule has 1 aromatic heterocycles. The Bertz CT molecular complexity index is 674. The van der Waals surface area contributed by atoms with Crippen LogP contribution in [0, 0.1) is 0 Å². The Kier molecular flexibility index (Phi) is 4.09. The van der Waals surface area contributed by atoms with Gasteiger partial charge in [0.1, 0.15) is 18.4 Å². The van der Waals surface area contributed by atoms with Gasteiger partial charge in [0.05, 0.1) is 6.21 Å². The predicted octanol–water partition coefficient (Wildman–Crippen LogP) is 3.46. The first-order chi connectivity index (χ1) is 10.1. The number of aromatic hydroxyl groups is 1. The fourth-order valence-corrected chi connectivity index (χ4v) is 2.14. The lowest BCUT2D eigenvalue weighted by molar-refractivity contribution is 0.444. The number of benzene rings is 1. The Morgan fingerprint density at radius 2 is 1.59 bits per heavy atom. The number of nitrogens with zero attached hydrogens (tertiary/aromatic N) is 4. The minimum atomic E-state index is -0.148. The van der Waals surface area contributed by atoms with Crippen molar-refractivity contribution >= 4 is 6.21 Å². The first-order valence-electron chi connectivity index (χ1n) is 7.36. The van der Waals surface area contributed by atoms with Gasteiger partial charge in [-0.3, -0.25) is 0 Å². The summed E-state index contributed by atoms with van der Waals surface area (Å²) in [6, 6.07) is 4.07. The normalized spacial score (nSPS) is 13.0. The summed E-state index contributed by atoms with van der Waals surface area (Å²) in [5.41, 5.74) is 2.63. The average Bonchev–Trinajstić information content (AvgIpc) is 2.87. The van der Waals surface area contributed by atoms with E-state index in [9.17, 15) is 5.11 Å². The summed E-state index contributed by atoms with van der Waals surface area (Å²) in [6.07, 6.45) is 4.65. The molecule has 2 rings (SSSR count). The molecule has 0 saturated carbocycles. The van der Waals surface area contributed by atoms with E-state index in [1.54, 1.807) is 6.21 Å². The molecule has 1 heterocycles. The van der Waals surface area contributed by atoms with Crippen LogP contribution in [0.25, 0.3) is 0 Å². The Morgan fingerprint density at radius 1 is 1.00 bits per heavy atom. The zero-order valence-corrected chi connectivity index (χ0v) is 14.1. The number of phenolic OH excluding ortho intramolecular Hbond substituents is 1. The summed E-state index contributed by atoms with van der Waals surface area (Å²) in [7, 11) is 0. The Labute approximate surface area is 131 Å². The lowest BCUT2D eigenvalue weighted by Gasteiger charge is -2.26. The molecular formula is C17H24N4O. The minimum Gasteiger partial charge on any atom is -0.507 e. The summed E-state index contributed by atoms with van der Waals surface area (Å²) in [5.74, 6) is 0.275. The van der Waals surface area contributed by atoms with Crippen molar-refractivity contribution in [1.82, 2.24) is 14.9 Å². The van der Waals surface area contributed by atoms with Gasteiger partial charge in [0.2, 0.25) is 0 Å². The summed E-state index contributed by atoms with van der Waals surface area (Å²) >= 11 is 0. The second-order valence-corrected chi connectivity index (χ2v) is 7.55. The molecule has 0 radical (unpaired) electrons. The Morgan fingerprint density at radius 3 is 2.09 bits per heavy atom. The molecule has 0 unspecified atom stereocenters. The van der Waals surface area contributed by atoms with Crippen molar-refractivity contribution in [1.29, 1.82) is 0 Å². The predicted molar refractivity (Wildman–Crippen MR) is 88.5 cm³/mol. The molecule has 5 heteroatoms. The van der Waals surface area contributed by atoms with Crippen LogP contribution < -0.4 is 0 Å². The summed E-state index contributed by atoms with van der Waals surface area (Å²) < 4.78 is 1.50. The van der Waals surface area contributed by atoms with Gasteiger partial charge in [-0.25, -0.2) is 4.68 Å². The molecule has 1 aromatic carbocycles. The van der Waals surface area contributed by atoms with Gasteiger partial charge in [0.25, 0.3) is 0 Å². The molecule has 0 bridgehead atoms. The lowest BCUT2D eigenvalue weighted by atomic mass is 9.79. The number of rotatable bonds is 2. The third-order valence-corrected chi connectivity index (χ3v) is 3.55. The standard InChI is InChI=1S/C17H24N4O/c1-16(2,3)13-7-12(9-20-21-10-18-19-11-21)15(22)14(8-13)17(4,5)6/h7-11,22H,1-6H3/b20-9+. The highest BCUT2D eigenvalue weighted by Crippen LogP contribution is 2.37. The van der Waals surface area contributed by atoms with Crippen molar-refractivity contribution in [2.45, 2.75) is 52.4 Å². The molecule has 1 N–H and O–H groups in total. The molecule has 0 aliphatic carbocycles. The number of hydrogen-bond donors (Lipinski definition) is 1. The van der Waals surface area contributed by atoms with E-state index < -0.39 is 0 Å². The van der Waals surface area contributed by atoms with Gasteiger partial charge in [-0.15, -0.1) is 10.2 Å². The topological polar surface area (TPSA) is 63.3 Å². The second-order valence-electron chi connectivity index (χ2n) is 7.55. The van der Waals surface area contributed by atoms with Crippen molar-refractivity contribution in [2.24, 2.45) is 5.10 Å². The zero-order valence-electron chi connectivity index (χ0n) is 14.1. The van der Waals surface area contributed by atoms with Crippen molar-refractivity contribution in [2.75, 3.05) is 0 Å². The molecule has 5 nitrogen and oxygen atoms in total. The SMILES string of the molecule is CC(C)(C)c1cc(/C=N/n2cnnc2)c(O)c(C(C)(C)C)c1. The van der Waals surface area contributed by atoms with Crippen LogP contribution in [0.3, 0.4) is 0 Å². The Hall–Kier alpha value is -2.17. The van der Waals surface area contributed by atoms with Crippen LogP contribution in [0.2, 0.25) is 0 Å². The van der Waals surface area contributed by atoms with E-state index in [2.05, 4.69) is 62.9 Å². The molecule has 0 spiro atoms. The summed E-state index contributed by atoms with van der Waals surface area (Å²) in [5, 5.41) is 22.3. The molecule has 0 aliphatic heterocycles. The quantitative estimate of drug-likeness (QED) is 0.864. The highest BCUT2D eigenvalue weighted by Gasteiger charge is 2.24. The van der Waals surface area contributed by atoms with Gasteiger partial charge in [0, 0.05) is 11.1 Å². The van der Waals surface area contributed by atoms with E-state index in [-0.39, 0.29) is 16.6 Å². The van der Waals surface area contributed by atoms with Crippen molar-refractivity contribution < 1.29 is 5.11 Å². The molecule has 0 fully saturated rings. The summed E-state index contributed by atoms with van der Waals surface area (Å²) in [4.78, 5) is 0. The van der Waals surface area contributed by atoms with Crippen molar-refractivity contribution in [3.8, 4) is 5.75 Å². The van der Waals surface area contributed by atoms with E-state index in [0.29, 0.717) is 5.56 Å². The van der Waals surface area contributed by atoms with Gasteiger partial charge in [-0.2, -0.15) is 5.10 Å². The van der Waals surface area contributed by atoms with Crippen LogP contribution in [0.15, 0.2) is 29.9 Å². The van der Waals surface area contributed by atoms with Crippen LogP contribution in [-0.4, -0.2) is 26.2 Å². The largest absolute Gasteiger partial charge is 0.507 e. The molecule has 2 aromatic rings. The van der Waals surface area contributed by atoms with E-state index in [4.69, 9.17) is 0 Å². The third kappa shape index (κ3) is 3.53. The van der Waals surface area contributed by atoms with Crippen LogP contribution in [-0.2, 0) is 10.8 Å². The van der Waals surface area contributed by atoms with Crippen LogP contribution >= 0.6 is 0 Å². The number of aromatic nitrogens is 3. The molecule has 0 atom stereocenters. The van der Waals surface area contributed by atoms with Gasteiger partial charge < -0.3 is 5.11 Å². The zero-order chi connectivity index (χ0) is 16.5. The van der Waals surface area contributed by atoms with E-state index in [1.165, 1.54) is 22.9 Å².